The van der Waals surface area contributed by atoms with E-state index >= 15 is 0 Å². The molecule has 2 aromatic rings. The summed E-state index contributed by atoms with van der Waals surface area (Å²) < 4.78 is 35.9. The molecule has 1 aliphatic rings. The van der Waals surface area contributed by atoms with Crippen LogP contribution in [0.3, 0.4) is 0 Å². The molecule has 26 heavy (non-hydrogen) atoms. The molecule has 142 valence electrons. The first-order valence-electron chi connectivity index (χ1n) is 8.91. The molecule has 8 heteroatoms. The van der Waals surface area contributed by atoms with Gasteiger partial charge in [0.25, 0.3) is 0 Å². The Morgan fingerprint density at radius 2 is 1.92 bits per heavy atom. The maximum atomic E-state index is 13.0. The molecule has 1 aromatic carbocycles. The van der Waals surface area contributed by atoms with Crippen LogP contribution in [0.1, 0.15) is 24.2 Å². The van der Waals surface area contributed by atoms with E-state index in [1.807, 2.05) is 37.3 Å². The number of hydrogen-bond donors (Lipinski definition) is 1. The van der Waals surface area contributed by atoms with Gasteiger partial charge in [0.05, 0.1) is 24.9 Å². The number of morpholine rings is 1. The van der Waals surface area contributed by atoms with Crippen LogP contribution in [0, 0.1) is 6.92 Å². The van der Waals surface area contributed by atoms with Crippen molar-refractivity contribution in [3.8, 4) is 0 Å². The van der Waals surface area contributed by atoms with E-state index in [4.69, 9.17) is 4.74 Å². The minimum Gasteiger partial charge on any atom is -0.379 e. The van der Waals surface area contributed by atoms with Gasteiger partial charge >= 0.3 is 0 Å². The van der Waals surface area contributed by atoms with Crippen LogP contribution in [-0.4, -0.2) is 55.9 Å². The van der Waals surface area contributed by atoms with Crippen molar-refractivity contribution in [1.29, 1.82) is 0 Å². The van der Waals surface area contributed by atoms with Crippen LogP contribution >= 0.6 is 0 Å². The van der Waals surface area contributed by atoms with Gasteiger partial charge in [0.15, 0.2) is 0 Å². The highest BCUT2D eigenvalue weighted by Crippen LogP contribution is 2.20. The molecule has 0 unspecified atom stereocenters. The highest BCUT2D eigenvalue weighted by molar-refractivity contribution is 7.89. The molecular formula is C18H26N4O3S. The zero-order valence-electron chi connectivity index (χ0n) is 15.3. The van der Waals surface area contributed by atoms with E-state index in [1.165, 1.54) is 0 Å². The zero-order valence-corrected chi connectivity index (χ0v) is 16.1. The standard InChI is InChI=1S/C18H26N4O3S/c1-3-22-14-18(15(2)19-22)26(23,24)20-17(16-7-5-4-6-8-16)13-21-9-11-25-12-10-21/h4-8,14,17,20H,3,9-13H2,1-2H3/t17-/m1/s1. The monoisotopic (exact) mass is 378 g/mol. The Labute approximate surface area is 155 Å². The summed E-state index contributed by atoms with van der Waals surface area (Å²) in [6, 6.07) is 9.36. The Hall–Kier alpha value is -1.74. The smallest absolute Gasteiger partial charge is 0.244 e. The van der Waals surface area contributed by atoms with Crippen molar-refractivity contribution in [2.45, 2.75) is 31.3 Å². The number of benzene rings is 1. The number of rotatable bonds is 7. The number of aryl methyl sites for hydroxylation is 2. The fraction of sp³-hybridized carbons (Fsp3) is 0.500. The molecule has 1 fully saturated rings. The fourth-order valence-corrected chi connectivity index (χ4v) is 4.52. The van der Waals surface area contributed by atoms with Crippen molar-refractivity contribution >= 4 is 10.0 Å². The second kappa shape index (κ2) is 8.30. The fourth-order valence-electron chi connectivity index (χ4n) is 3.11. The van der Waals surface area contributed by atoms with Crippen molar-refractivity contribution in [3.63, 3.8) is 0 Å². The number of ether oxygens (including phenoxy) is 1. The number of sulfonamides is 1. The predicted octanol–water partition coefficient (Wildman–Crippen LogP) is 1.56. The molecule has 1 aromatic heterocycles. The Morgan fingerprint density at radius 1 is 1.23 bits per heavy atom. The van der Waals surface area contributed by atoms with Gasteiger partial charge in [0.2, 0.25) is 10.0 Å². The zero-order chi connectivity index (χ0) is 18.6. The van der Waals surface area contributed by atoms with E-state index in [2.05, 4.69) is 14.7 Å². The minimum absolute atomic E-state index is 0.238. The molecule has 1 saturated heterocycles. The van der Waals surface area contributed by atoms with Crippen molar-refractivity contribution in [1.82, 2.24) is 19.4 Å². The average molecular weight is 378 g/mol. The summed E-state index contributed by atoms with van der Waals surface area (Å²) in [4.78, 5) is 2.47. The molecule has 0 saturated carbocycles. The lowest BCUT2D eigenvalue weighted by molar-refractivity contribution is 0.0345. The van der Waals surface area contributed by atoms with Crippen LogP contribution in [0.25, 0.3) is 0 Å². The van der Waals surface area contributed by atoms with Crippen LogP contribution in [0.15, 0.2) is 41.4 Å². The Kier molecular flexibility index (Phi) is 6.08. The van der Waals surface area contributed by atoms with Gasteiger partial charge in [-0.25, -0.2) is 13.1 Å². The van der Waals surface area contributed by atoms with Crippen LogP contribution in [0.4, 0.5) is 0 Å². The Bertz CT molecular complexity index is 814. The number of nitrogens with one attached hydrogen (secondary N) is 1. The number of nitrogens with zero attached hydrogens (tertiary/aromatic N) is 3. The van der Waals surface area contributed by atoms with E-state index in [0.29, 0.717) is 32.0 Å². The molecule has 0 bridgehead atoms. The summed E-state index contributed by atoms with van der Waals surface area (Å²) in [6.07, 6.45) is 1.59. The first-order valence-corrected chi connectivity index (χ1v) is 10.4. The summed E-state index contributed by atoms with van der Waals surface area (Å²) in [7, 11) is -3.67. The van der Waals surface area contributed by atoms with Gasteiger partial charge in [-0.1, -0.05) is 30.3 Å². The van der Waals surface area contributed by atoms with Crippen molar-refractivity contribution in [2.24, 2.45) is 0 Å². The highest BCUT2D eigenvalue weighted by Gasteiger charge is 2.27. The summed E-state index contributed by atoms with van der Waals surface area (Å²) in [5.74, 6) is 0. The first-order chi connectivity index (χ1) is 12.5. The molecule has 0 amide bonds. The van der Waals surface area contributed by atoms with Gasteiger partial charge in [-0.15, -0.1) is 0 Å². The third-order valence-electron chi connectivity index (χ3n) is 4.56. The lowest BCUT2D eigenvalue weighted by Crippen LogP contribution is -2.43. The van der Waals surface area contributed by atoms with Gasteiger partial charge in [-0.2, -0.15) is 5.10 Å². The Balaban J connectivity index is 1.85. The van der Waals surface area contributed by atoms with Gasteiger partial charge in [0.1, 0.15) is 4.90 Å². The molecule has 7 nitrogen and oxygen atoms in total. The molecule has 0 aliphatic carbocycles. The van der Waals surface area contributed by atoms with Gasteiger partial charge < -0.3 is 4.74 Å². The Morgan fingerprint density at radius 3 is 2.54 bits per heavy atom. The second-order valence-corrected chi connectivity index (χ2v) is 8.11. The maximum Gasteiger partial charge on any atom is 0.244 e. The van der Waals surface area contributed by atoms with E-state index in [9.17, 15) is 8.42 Å². The molecule has 1 aliphatic heterocycles. The quantitative estimate of drug-likeness (QED) is 0.791. The first kappa shape index (κ1) is 19.0. The molecule has 1 atom stereocenters. The molecule has 0 radical (unpaired) electrons. The molecule has 2 heterocycles. The normalized spacial score (nSPS) is 17.3. The predicted molar refractivity (Wildman–Crippen MR) is 99.4 cm³/mol. The SMILES string of the molecule is CCn1cc(S(=O)(=O)N[C@H](CN2CCOCC2)c2ccccc2)c(C)n1. The van der Waals surface area contributed by atoms with Gasteiger partial charge in [-0.05, 0) is 19.4 Å². The van der Waals surface area contributed by atoms with E-state index in [1.54, 1.807) is 17.8 Å². The average Bonchev–Trinajstić information content (AvgIpc) is 3.04. The van der Waals surface area contributed by atoms with Crippen molar-refractivity contribution in [2.75, 3.05) is 32.8 Å². The van der Waals surface area contributed by atoms with E-state index in [-0.39, 0.29) is 10.9 Å². The van der Waals surface area contributed by atoms with Gasteiger partial charge in [0, 0.05) is 32.4 Å². The van der Waals surface area contributed by atoms with Gasteiger partial charge in [-0.3, -0.25) is 9.58 Å². The lowest BCUT2D eigenvalue weighted by Gasteiger charge is -2.31. The summed E-state index contributed by atoms with van der Waals surface area (Å²) in [6.45, 7) is 7.85. The van der Waals surface area contributed by atoms with E-state index in [0.717, 1.165) is 18.7 Å². The van der Waals surface area contributed by atoms with Crippen LogP contribution in [0.2, 0.25) is 0 Å². The maximum absolute atomic E-state index is 13.0. The highest BCUT2D eigenvalue weighted by atomic mass is 32.2. The second-order valence-electron chi connectivity index (χ2n) is 6.43. The van der Waals surface area contributed by atoms with Crippen LogP contribution in [0.5, 0.6) is 0 Å². The number of hydrogen-bond acceptors (Lipinski definition) is 5. The lowest BCUT2D eigenvalue weighted by atomic mass is 10.1. The largest absolute Gasteiger partial charge is 0.379 e. The van der Waals surface area contributed by atoms with E-state index < -0.39 is 10.0 Å². The molecule has 3 rings (SSSR count). The third kappa shape index (κ3) is 4.50. The molecular weight excluding hydrogens is 352 g/mol. The summed E-state index contributed by atoms with van der Waals surface area (Å²) in [5, 5.41) is 4.26. The summed E-state index contributed by atoms with van der Waals surface area (Å²) >= 11 is 0. The van der Waals surface area contributed by atoms with Crippen molar-refractivity contribution in [3.05, 3.63) is 47.8 Å². The van der Waals surface area contributed by atoms with Crippen molar-refractivity contribution < 1.29 is 13.2 Å². The van der Waals surface area contributed by atoms with Crippen LogP contribution in [-0.2, 0) is 21.3 Å². The van der Waals surface area contributed by atoms with Crippen LogP contribution < -0.4 is 4.72 Å². The number of aromatic nitrogens is 2. The molecule has 0 spiro atoms. The molecule has 1 N–H and O–H groups in total. The summed E-state index contributed by atoms with van der Waals surface area (Å²) in [5.41, 5.74) is 1.46. The minimum atomic E-state index is -3.67. The topological polar surface area (TPSA) is 76.5 Å². The third-order valence-corrected chi connectivity index (χ3v) is 6.13.